The van der Waals surface area contributed by atoms with Crippen molar-refractivity contribution >= 4 is 21.9 Å². The van der Waals surface area contributed by atoms with Crippen LogP contribution >= 0.6 is 15.9 Å². The van der Waals surface area contributed by atoms with Gasteiger partial charge >= 0.3 is 5.97 Å². The largest absolute Gasteiger partial charge is 0.451 e. The van der Waals surface area contributed by atoms with Crippen molar-refractivity contribution < 1.29 is 9.53 Å². The molecule has 0 saturated heterocycles. The molecular weight excluding hydrogens is 328 g/mol. The molecule has 2 nitrogen and oxygen atoms in total. The number of carbonyl (C=O) groups excluding carboxylic acids is 1. The van der Waals surface area contributed by atoms with Crippen LogP contribution in [-0.2, 0) is 4.74 Å². The van der Waals surface area contributed by atoms with Crippen molar-refractivity contribution in [2.45, 2.75) is 57.5 Å². The topological polar surface area (TPSA) is 26.3 Å². The van der Waals surface area contributed by atoms with Gasteiger partial charge in [0.05, 0.1) is 5.56 Å². The Hall–Kier alpha value is -1.09. The summed E-state index contributed by atoms with van der Waals surface area (Å²) >= 11 is 3.46. The summed E-state index contributed by atoms with van der Waals surface area (Å²) < 4.78 is 6.59. The lowest BCUT2D eigenvalue weighted by Crippen LogP contribution is -2.29. The molecule has 0 amide bonds. The van der Waals surface area contributed by atoms with Gasteiger partial charge in [0.1, 0.15) is 5.60 Å². The average molecular weight is 351 g/mol. The molecule has 2 rings (SSSR count). The Bertz CT molecular complexity index is 530. The van der Waals surface area contributed by atoms with Gasteiger partial charge in [0.25, 0.3) is 0 Å². The van der Waals surface area contributed by atoms with Crippen LogP contribution in [0.25, 0.3) is 0 Å². The van der Waals surface area contributed by atoms with Crippen molar-refractivity contribution in [1.29, 1.82) is 0 Å². The summed E-state index contributed by atoms with van der Waals surface area (Å²) in [5, 5.41) is 0. The number of ether oxygens (including phenoxy) is 1. The first-order valence-electron chi connectivity index (χ1n) is 7.67. The third-order valence-corrected chi connectivity index (χ3v) is 5.20. The number of esters is 1. The molecule has 0 N–H and O–H groups in total. The number of carbonyl (C=O) groups is 1. The van der Waals surface area contributed by atoms with Crippen LogP contribution in [0.5, 0.6) is 0 Å². The SMILES string of the molecule is C=CC1(OC(=O)c2cc(C(C)CC)ccc2Br)CCCC1. The molecule has 0 heterocycles. The van der Waals surface area contributed by atoms with Crippen molar-refractivity contribution in [1.82, 2.24) is 0 Å². The third-order valence-electron chi connectivity index (χ3n) is 4.51. The molecule has 1 fully saturated rings. The highest BCUT2D eigenvalue weighted by Crippen LogP contribution is 2.36. The summed E-state index contributed by atoms with van der Waals surface area (Å²) in [5.41, 5.74) is 1.32. The summed E-state index contributed by atoms with van der Waals surface area (Å²) in [7, 11) is 0. The second-order valence-corrected chi connectivity index (χ2v) is 6.77. The van der Waals surface area contributed by atoms with Crippen molar-refractivity contribution in [3.8, 4) is 0 Å². The Kier molecular flexibility index (Phi) is 5.26. The monoisotopic (exact) mass is 350 g/mol. The average Bonchev–Trinajstić information content (AvgIpc) is 2.95. The van der Waals surface area contributed by atoms with Crippen molar-refractivity contribution in [3.05, 3.63) is 46.5 Å². The summed E-state index contributed by atoms with van der Waals surface area (Å²) in [4.78, 5) is 12.5. The number of halogens is 1. The highest BCUT2D eigenvalue weighted by atomic mass is 79.9. The molecule has 1 atom stereocenters. The number of benzene rings is 1. The zero-order valence-corrected chi connectivity index (χ0v) is 14.4. The van der Waals surface area contributed by atoms with E-state index in [-0.39, 0.29) is 5.97 Å². The van der Waals surface area contributed by atoms with Crippen LogP contribution in [0.2, 0.25) is 0 Å². The summed E-state index contributed by atoms with van der Waals surface area (Å²) in [6, 6.07) is 5.95. The maximum Gasteiger partial charge on any atom is 0.340 e. The number of rotatable bonds is 5. The van der Waals surface area contributed by atoms with Crippen molar-refractivity contribution in [2.24, 2.45) is 0 Å². The van der Waals surface area contributed by atoms with Crippen molar-refractivity contribution in [2.75, 3.05) is 0 Å². The molecule has 0 spiro atoms. The fourth-order valence-electron chi connectivity index (χ4n) is 2.80. The van der Waals surface area contributed by atoms with E-state index in [0.717, 1.165) is 36.6 Å². The molecule has 1 aliphatic carbocycles. The maximum absolute atomic E-state index is 12.5. The van der Waals surface area contributed by atoms with E-state index in [1.165, 1.54) is 5.56 Å². The van der Waals surface area contributed by atoms with Crippen LogP contribution in [0, 0.1) is 0 Å². The van der Waals surface area contributed by atoms with Gasteiger partial charge < -0.3 is 4.74 Å². The van der Waals surface area contributed by atoms with E-state index in [2.05, 4.69) is 42.4 Å². The predicted octanol–water partition coefficient (Wildman–Crippen LogP) is 5.62. The Balaban J connectivity index is 2.24. The highest BCUT2D eigenvalue weighted by Gasteiger charge is 2.35. The van der Waals surface area contributed by atoms with Gasteiger partial charge in [0.2, 0.25) is 0 Å². The summed E-state index contributed by atoms with van der Waals surface area (Å²) in [5.74, 6) is 0.179. The molecule has 1 unspecified atom stereocenters. The Morgan fingerprint density at radius 1 is 1.48 bits per heavy atom. The smallest absolute Gasteiger partial charge is 0.340 e. The highest BCUT2D eigenvalue weighted by molar-refractivity contribution is 9.10. The van der Waals surface area contributed by atoms with Crippen LogP contribution in [0.4, 0.5) is 0 Å². The van der Waals surface area contributed by atoms with Gasteiger partial charge in [-0.3, -0.25) is 0 Å². The zero-order valence-electron chi connectivity index (χ0n) is 12.8. The van der Waals surface area contributed by atoms with Gasteiger partial charge in [-0.1, -0.05) is 26.5 Å². The van der Waals surface area contributed by atoms with Gasteiger partial charge in [-0.15, -0.1) is 0 Å². The molecule has 114 valence electrons. The van der Waals surface area contributed by atoms with E-state index in [4.69, 9.17) is 4.74 Å². The second-order valence-electron chi connectivity index (χ2n) is 5.91. The van der Waals surface area contributed by atoms with E-state index in [9.17, 15) is 4.79 Å². The fraction of sp³-hybridized carbons (Fsp3) is 0.500. The lowest BCUT2D eigenvalue weighted by Gasteiger charge is -2.25. The molecule has 0 bridgehead atoms. The van der Waals surface area contributed by atoms with Gasteiger partial charge in [-0.05, 0) is 77.7 Å². The number of hydrogen-bond acceptors (Lipinski definition) is 2. The summed E-state index contributed by atoms with van der Waals surface area (Å²) in [6.45, 7) is 8.17. The van der Waals surface area contributed by atoms with E-state index in [1.807, 2.05) is 12.1 Å². The molecular formula is C18H23BrO2. The van der Waals surface area contributed by atoms with E-state index < -0.39 is 5.60 Å². The quantitative estimate of drug-likeness (QED) is 0.508. The molecule has 1 aromatic rings. The van der Waals surface area contributed by atoms with Crippen LogP contribution in [0.1, 0.15) is 67.8 Å². The van der Waals surface area contributed by atoms with Crippen LogP contribution in [0.15, 0.2) is 35.3 Å². The first-order valence-corrected chi connectivity index (χ1v) is 8.47. The van der Waals surface area contributed by atoms with E-state index in [1.54, 1.807) is 6.08 Å². The molecule has 0 aliphatic heterocycles. The maximum atomic E-state index is 12.5. The number of hydrogen-bond donors (Lipinski definition) is 0. The van der Waals surface area contributed by atoms with Crippen LogP contribution < -0.4 is 0 Å². The van der Waals surface area contributed by atoms with Gasteiger partial charge in [-0.2, -0.15) is 0 Å². The predicted molar refractivity (Wildman–Crippen MR) is 89.7 cm³/mol. The fourth-order valence-corrected chi connectivity index (χ4v) is 3.21. The molecule has 0 radical (unpaired) electrons. The summed E-state index contributed by atoms with van der Waals surface area (Å²) in [6.07, 6.45) is 6.79. The Morgan fingerprint density at radius 2 is 2.14 bits per heavy atom. The van der Waals surface area contributed by atoms with Gasteiger partial charge in [0, 0.05) is 4.47 Å². The van der Waals surface area contributed by atoms with E-state index in [0.29, 0.717) is 11.5 Å². The van der Waals surface area contributed by atoms with Gasteiger partial charge in [-0.25, -0.2) is 4.79 Å². The molecule has 1 saturated carbocycles. The van der Waals surface area contributed by atoms with E-state index >= 15 is 0 Å². The normalized spacial score (nSPS) is 18.2. The minimum atomic E-state index is -0.469. The van der Waals surface area contributed by atoms with Crippen LogP contribution in [-0.4, -0.2) is 11.6 Å². The molecule has 21 heavy (non-hydrogen) atoms. The minimum absolute atomic E-state index is 0.256. The molecule has 3 heteroatoms. The van der Waals surface area contributed by atoms with Gasteiger partial charge in [0.15, 0.2) is 0 Å². The lowest BCUT2D eigenvalue weighted by atomic mass is 9.96. The Morgan fingerprint density at radius 3 is 2.71 bits per heavy atom. The Labute approximate surface area is 135 Å². The lowest BCUT2D eigenvalue weighted by molar-refractivity contribution is 0.00658. The molecule has 1 aliphatic rings. The van der Waals surface area contributed by atoms with Crippen molar-refractivity contribution in [3.63, 3.8) is 0 Å². The first-order chi connectivity index (χ1) is 10.0. The standard InChI is InChI=1S/C18H23BrO2/c1-4-13(3)14-8-9-16(19)15(12-14)17(20)21-18(5-2)10-6-7-11-18/h5,8-9,12-13H,2,4,6-7,10-11H2,1,3H3. The first kappa shape index (κ1) is 16.3. The molecule has 0 aromatic heterocycles. The minimum Gasteiger partial charge on any atom is -0.451 e. The second kappa shape index (κ2) is 6.78. The molecule has 1 aromatic carbocycles. The zero-order chi connectivity index (χ0) is 15.5. The van der Waals surface area contributed by atoms with Crippen LogP contribution in [0.3, 0.4) is 0 Å². The third kappa shape index (κ3) is 3.57.